The van der Waals surface area contributed by atoms with E-state index in [1.807, 2.05) is 13.8 Å². The highest BCUT2D eigenvalue weighted by atomic mass is 32.2. The Morgan fingerprint density at radius 1 is 1.29 bits per heavy atom. The molecule has 3 N–H and O–H groups in total. The van der Waals surface area contributed by atoms with Gasteiger partial charge >= 0.3 is 0 Å². The van der Waals surface area contributed by atoms with Crippen molar-refractivity contribution in [1.29, 1.82) is 0 Å². The highest BCUT2D eigenvalue weighted by Gasteiger charge is 2.25. The molecule has 0 aliphatic heterocycles. The highest BCUT2D eigenvalue weighted by molar-refractivity contribution is 7.89. The van der Waals surface area contributed by atoms with Gasteiger partial charge < -0.3 is 5.73 Å². The normalized spacial score (nSPS) is 15.0. The molecule has 2 atom stereocenters. The van der Waals surface area contributed by atoms with Crippen LogP contribution in [0.2, 0.25) is 0 Å². The summed E-state index contributed by atoms with van der Waals surface area (Å²) >= 11 is 0. The fourth-order valence-corrected chi connectivity index (χ4v) is 3.48. The second-order valence-corrected chi connectivity index (χ2v) is 7.00. The summed E-state index contributed by atoms with van der Waals surface area (Å²) in [5, 5.41) is 0. The van der Waals surface area contributed by atoms with Crippen molar-refractivity contribution in [2.45, 2.75) is 51.1 Å². The lowest BCUT2D eigenvalue weighted by Gasteiger charge is -2.18. The molecule has 0 amide bonds. The summed E-state index contributed by atoms with van der Waals surface area (Å²) in [7, 11) is -4.04. The molecule has 7 heteroatoms. The molecule has 1 rings (SSSR count). The van der Waals surface area contributed by atoms with Crippen LogP contribution in [0.1, 0.15) is 39.2 Å². The van der Waals surface area contributed by atoms with Crippen molar-refractivity contribution in [3.63, 3.8) is 0 Å². The van der Waals surface area contributed by atoms with Gasteiger partial charge in [-0.15, -0.1) is 0 Å². The third-order valence-electron chi connectivity index (χ3n) is 3.45. The Kier molecular flexibility index (Phi) is 6.24. The number of sulfonamides is 1. The minimum atomic E-state index is -4.04. The first-order chi connectivity index (χ1) is 9.72. The average Bonchev–Trinajstić information content (AvgIpc) is 2.37. The van der Waals surface area contributed by atoms with Crippen molar-refractivity contribution < 1.29 is 17.2 Å². The van der Waals surface area contributed by atoms with Gasteiger partial charge in [-0.2, -0.15) is 0 Å². The quantitative estimate of drug-likeness (QED) is 0.811. The van der Waals surface area contributed by atoms with Gasteiger partial charge in [0.25, 0.3) is 0 Å². The summed E-state index contributed by atoms with van der Waals surface area (Å²) in [6.07, 6.45) is 1.57. The first-order valence-corrected chi connectivity index (χ1v) is 8.40. The van der Waals surface area contributed by atoms with Crippen molar-refractivity contribution in [2.24, 2.45) is 11.7 Å². The number of benzene rings is 1. The van der Waals surface area contributed by atoms with E-state index in [4.69, 9.17) is 5.73 Å². The van der Waals surface area contributed by atoms with Crippen LogP contribution < -0.4 is 10.5 Å². The van der Waals surface area contributed by atoms with E-state index in [9.17, 15) is 17.2 Å². The van der Waals surface area contributed by atoms with Crippen LogP contribution in [-0.2, 0) is 16.6 Å². The molecule has 0 heterocycles. The van der Waals surface area contributed by atoms with Crippen molar-refractivity contribution in [3.05, 3.63) is 29.3 Å². The SMILES string of the molecule is CCC(C)CC(C)NS(=O)(=O)c1ccc(F)c(CN)c1F. The smallest absolute Gasteiger partial charge is 0.243 e. The summed E-state index contributed by atoms with van der Waals surface area (Å²) in [6, 6.07) is 1.50. The van der Waals surface area contributed by atoms with Crippen molar-refractivity contribution in [2.75, 3.05) is 0 Å². The van der Waals surface area contributed by atoms with Gasteiger partial charge in [0.15, 0.2) is 5.82 Å². The van der Waals surface area contributed by atoms with Gasteiger partial charge in [-0.1, -0.05) is 20.3 Å². The van der Waals surface area contributed by atoms with Crippen LogP contribution in [-0.4, -0.2) is 14.5 Å². The molecule has 0 aliphatic carbocycles. The zero-order valence-electron chi connectivity index (χ0n) is 12.5. The maximum absolute atomic E-state index is 14.1. The minimum absolute atomic E-state index is 0.337. The Hall–Kier alpha value is -1.05. The molecule has 2 unspecified atom stereocenters. The zero-order valence-corrected chi connectivity index (χ0v) is 13.3. The third kappa shape index (κ3) is 4.46. The van der Waals surface area contributed by atoms with E-state index in [1.54, 1.807) is 6.92 Å². The number of hydrogen-bond donors (Lipinski definition) is 2. The van der Waals surface area contributed by atoms with Crippen molar-refractivity contribution in [3.8, 4) is 0 Å². The van der Waals surface area contributed by atoms with Gasteiger partial charge in [-0.05, 0) is 31.4 Å². The Labute approximate surface area is 124 Å². The fraction of sp³-hybridized carbons (Fsp3) is 0.571. The number of nitrogens with two attached hydrogens (primary N) is 1. The Morgan fingerprint density at radius 3 is 2.43 bits per heavy atom. The molecule has 0 bridgehead atoms. The molecule has 0 spiro atoms. The van der Waals surface area contributed by atoms with E-state index >= 15 is 0 Å². The fourth-order valence-electron chi connectivity index (χ4n) is 2.12. The van der Waals surface area contributed by atoms with Crippen LogP contribution in [0.25, 0.3) is 0 Å². The molecule has 21 heavy (non-hydrogen) atoms. The van der Waals surface area contributed by atoms with Gasteiger partial charge in [0, 0.05) is 18.2 Å². The molecule has 0 aromatic heterocycles. The summed E-state index contributed by atoms with van der Waals surface area (Å²) in [5.41, 5.74) is 4.83. The van der Waals surface area contributed by atoms with Crippen LogP contribution in [0.15, 0.2) is 17.0 Å². The Balaban J connectivity index is 3.04. The number of hydrogen-bond acceptors (Lipinski definition) is 3. The van der Waals surface area contributed by atoms with Gasteiger partial charge in [0.1, 0.15) is 10.7 Å². The van der Waals surface area contributed by atoms with Crippen LogP contribution in [0.4, 0.5) is 8.78 Å². The van der Waals surface area contributed by atoms with E-state index in [1.165, 1.54) is 0 Å². The summed E-state index contributed by atoms with van der Waals surface area (Å²) in [6.45, 7) is 5.34. The van der Waals surface area contributed by atoms with E-state index in [0.29, 0.717) is 12.3 Å². The van der Waals surface area contributed by atoms with E-state index in [-0.39, 0.29) is 6.04 Å². The number of halogens is 2. The molecule has 0 saturated heterocycles. The maximum Gasteiger partial charge on any atom is 0.243 e. The molecule has 0 fully saturated rings. The van der Waals surface area contributed by atoms with E-state index in [2.05, 4.69) is 4.72 Å². The summed E-state index contributed by atoms with van der Waals surface area (Å²) < 4.78 is 54.2. The maximum atomic E-state index is 14.1. The monoisotopic (exact) mass is 320 g/mol. The predicted octanol–water partition coefficient (Wildman–Crippen LogP) is 2.53. The van der Waals surface area contributed by atoms with Gasteiger partial charge in [-0.3, -0.25) is 0 Å². The summed E-state index contributed by atoms with van der Waals surface area (Å²) in [5.74, 6) is -1.62. The zero-order chi connectivity index (χ0) is 16.2. The third-order valence-corrected chi connectivity index (χ3v) is 5.06. The van der Waals surface area contributed by atoms with Gasteiger partial charge in [0.05, 0.1) is 0 Å². The molecule has 120 valence electrons. The lowest BCUT2D eigenvalue weighted by molar-refractivity contribution is 0.444. The molecule has 1 aromatic carbocycles. The van der Waals surface area contributed by atoms with Crippen LogP contribution in [0.5, 0.6) is 0 Å². The minimum Gasteiger partial charge on any atom is -0.326 e. The second-order valence-electron chi connectivity index (χ2n) is 5.31. The topological polar surface area (TPSA) is 72.2 Å². The second kappa shape index (κ2) is 7.29. The van der Waals surface area contributed by atoms with Crippen LogP contribution in [0, 0.1) is 17.6 Å². The van der Waals surface area contributed by atoms with Crippen molar-refractivity contribution in [1.82, 2.24) is 4.72 Å². The lowest BCUT2D eigenvalue weighted by atomic mass is 10.0. The molecular formula is C14H22F2N2O2S. The summed E-state index contributed by atoms with van der Waals surface area (Å²) in [4.78, 5) is -0.569. The molecule has 0 radical (unpaired) electrons. The van der Waals surface area contributed by atoms with Gasteiger partial charge in [0.2, 0.25) is 10.0 Å². The molecule has 4 nitrogen and oxygen atoms in total. The largest absolute Gasteiger partial charge is 0.326 e. The van der Waals surface area contributed by atoms with Crippen LogP contribution >= 0.6 is 0 Å². The predicted molar refractivity (Wildman–Crippen MR) is 78.1 cm³/mol. The first kappa shape index (κ1) is 18.0. The average molecular weight is 320 g/mol. The van der Waals surface area contributed by atoms with E-state index in [0.717, 1.165) is 18.6 Å². The van der Waals surface area contributed by atoms with E-state index < -0.39 is 38.7 Å². The molecular weight excluding hydrogens is 298 g/mol. The molecule has 0 aliphatic rings. The highest BCUT2D eigenvalue weighted by Crippen LogP contribution is 2.21. The van der Waals surface area contributed by atoms with Crippen molar-refractivity contribution >= 4 is 10.0 Å². The molecule has 0 saturated carbocycles. The Bertz CT molecular complexity index is 591. The first-order valence-electron chi connectivity index (χ1n) is 6.92. The molecule has 1 aromatic rings. The van der Waals surface area contributed by atoms with Gasteiger partial charge in [-0.25, -0.2) is 21.9 Å². The number of nitrogens with one attached hydrogen (secondary N) is 1. The number of rotatable bonds is 7. The van der Waals surface area contributed by atoms with Crippen LogP contribution in [0.3, 0.4) is 0 Å². The lowest BCUT2D eigenvalue weighted by Crippen LogP contribution is -2.34. The Morgan fingerprint density at radius 2 is 1.90 bits per heavy atom. The standard InChI is InChI=1S/C14H22F2N2O2S/c1-4-9(2)7-10(3)18-21(19,20)13-6-5-12(15)11(8-17)14(13)16/h5-6,9-10,18H,4,7-8,17H2,1-3H3.